The second kappa shape index (κ2) is 12.2. The number of rotatable bonds is 11. The van der Waals surface area contributed by atoms with Crippen molar-refractivity contribution in [1.82, 2.24) is 14.9 Å². The average Bonchev–Trinajstić information content (AvgIpc) is 2.94. The molecule has 0 atom stereocenters. The molecule has 38 heavy (non-hydrogen) atoms. The molecule has 8 nitrogen and oxygen atoms in total. The van der Waals surface area contributed by atoms with Crippen molar-refractivity contribution < 1.29 is 17.9 Å². The van der Waals surface area contributed by atoms with Gasteiger partial charge in [0.1, 0.15) is 30.3 Å². The van der Waals surface area contributed by atoms with Crippen LogP contribution in [0.5, 0.6) is 11.5 Å². The van der Waals surface area contributed by atoms with Gasteiger partial charge in [0.15, 0.2) is 9.84 Å². The van der Waals surface area contributed by atoms with Gasteiger partial charge in [-0.2, -0.15) is 0 Å². The third-order valence-corrected chi connectivity index (χ3v) is 8.16. The summed E-state index contributed by atoms with van der Waals surface area (Å²) in [5, 5.41) is 4.26. The lowest BCUT2D eigenvalue weighted by Crippen LogP contribution is -2.40. The van der Waals surface area contributed by atoms with Gasteiger partial charge >= 0.3 is 0 Å². The zero-order valence-corrected chi connectivity index (χ0v) is 22.1. The maximum Gasteiger partial charge on any atom is 0.152 e. The first-order chi connectivity index (χ1) is 18.5. The molecule has 1 fully saturated rings. The Balaban J connectivity index is 1.14. The highest BCUT2D eigenvalue weighted by molar-refractivity contribution is 7.91. The van der Waals surface area contributed by atoms with Crippen molar-refractivity contribution in [2.75, 3.05) is 43.1 Å². The largest absolute Gasteiger partial charge is 0.494 e. The minimum Gasteiger partial charge on any atom is -0.494 e. The normalized spacial score (nSPS) is 15.3. The fraction of sp³-hybridized carbons (Fsp3) is 0.310. The number of aromatic nitrogens is 2. The number of unbranched alkanes of at least 4 members (excludes halogenated alkanes) is 1. The van der Waals surface area contributed by atoms with Gasteiger partial charge in [0.05, 0.1) is 23.6 Å². The van der Waals surface area contributed by atoms with E-state index in [9.17, 15) is 8.42 Å². The summed E-state index contributed by atoms with van der Waals surface area (Å²) in [6, 6.07) is 23.7. The minimum absolute atomic E-state index is 0.269. The number of sulfone groups is 1. The van der Waals surface area contributed by atoms with Gasteiger partial charge in [-0.25, -0.2) is 18.4 Å². The number of benzene rings is 3. The van der Waals surface area contributed by atoms with Gasteiger partial charge in [-0.15, -0.1) is 0 Å². The van der Waals surface area contributed by atoms with Crippen LogP contribution in [0.15, 0.2) is 79.1 Å². The number of fused-ring (bicyclic) bond motifs is 1. The molecule has 0 radical (unpaired) electrons. The summed E-state index contributed by atoms with van der Waals surface area (Å²) in [7, 11) is -2.83. The van der Waals surface area contributed by atoms with Crippen LogP contribution in [0.2, 0.25) is 0 Å². The first-order valence-electron chi connectivity index (χ1n) is 12.9. The van der Waals surface area contributed by atoms with Gasteiger partial charge < -0.3 is 19.7 Å². The molecule has 198 valence electrons. The van der Waals surface area contributed by atoms with Crippen LogP contribution in [0.3, 0.4) is 0 Å². The van der Waals surface area contributed by atoms with E-state index in [1.165, 1.54) is 0 Å². The third-order valence-electron chi connectivity index (χ3n) is 6.55. The van der Waals surface area contributed by atoms with Crippen LogP contribution in [0.4, 0.5) is 11.5 Å². The second-order valence-electron chi connectivity index (χ2n) is 9.37. The summed E-state index contributed by atoms with van der Waals surface area (Å²) in [6.45, 7) is 3.28. The maximum atomic E-state index is 11.6. The smallest absolute Gasteiger partial charge is 0.152 e. The van der Waals surface area contributed by atoms with Gasteiger partial charge in [0.25, 0.3) is 0 Å². The highest BCUT2D eigenvalue weighted by atomic mass is 32.2. The zero-order valence-electron chi connectivity index (χ0n) is 21.3. The summed E-state index contributed by atoms with van der Waals surface area (Å²) in [5.74, 6) is 2.81. The van der Waals surface area contributed by atoms with E-state index in [1.807, 2.05) is 72.8 Å². The topological polar surface area (TPSA) is 93.7 Å². The van der Waals surface area contributed by atoms with Crippen molar-refractivity contribution in [2.45, 2.75) is 19.4 Å². The molecule has 1 saturated heterocycles. The molecular formula is C29H32N4O4S. The summed E-state index contributed by atoms with van der Waals surface area (Å²) >= 11 is 0. The molecule has 0 bridgehead atoms. The first-order valence-corrected chi connectivity index (χ1v) is 14.7. The molecule has 9 heteroatoms. The Kier molecular flexibility index (Phi) is 8.35. The second-order valence-corrected chi connectivity index (χ2v) is 11.7. The average molecular weight is 533 g/mol. The number of ether oxygens (including phenoxy) is 2. The Morgan fingerprint density at radius 1 is 0.842 bits per heavy atom. The van der Waals surface area contributed by atoms with E-state index < -0.39 is 9.84 Å². The number of nitrogens with zero attached hydrogens (tertiary/aromatic N) is 3. The number of hydrogen-bond acceptors (Lipinski definition) is 8. The van der Waals surface area contributed by atoms with Crippen LogP contribution in [0.1, 0.15) is 18.4 Å². The van der Waals surface area contributed by atoms with Crippen molar-refractivity contribution >= 4 is 32.2 Å². The van der Waals surface area contributed by atoms with Crippen LogP contribution in [0.25, 0.3) is 10.9 Å². The molecule has 2 heterocycles. The quantitative estimate of drug-likeness (QED) is 0.274. The zero-order chi connectivity index (χ0) is 26.2. The molecule has 1 aliphatic heterocycles. The molecular weight excluding hydrogens is 500 g/mol. The molecule has 0 aliphatic carbocycles. The van der Waals surface area contributed by atoms with Crippen molar-refractivity contribution in [2.24, 2.45) is 0 Å². The van der Waals surface area contributed by atoms with E-state index in [0.717, 1.165) is 53.0 Å². The van der Waals surface area contributed by atoms with E-state index in [1.54, 1.807) is 6.33 Å². The highest BCUT2D eigenvalue weighted by Crippen LogP contribution is 2.28. The van der Waals surface area contributed by atoms with E-state index in [2.05, 4.69) is 20.2 Å². The molecule has 0 saturated carbocycles. The Morgan fingerprint density at radius 2 is 1.61 bits per heavy atom. The number of anilines is 2. The minimum atomic E-state index is -2.83. The van der Waals surface area contributed by atoms with Crippen molar-refractivity contribution in [3.63, 3.8) is 0 Å². The van der Waals surface area contributed by atoms with Crippen LogP contribution in [-0.2, 0) is 16.4 Å². The van der Waals surface area contributed by atoms with Gasteiger partial charge in [0.2, 0.25) is 0 Å². The lowest BCUT2D eigenvalue weighted by Gasteiger charge is -2.26. The van der Waals surface area contributed by atoms with Crippen LogP contribution >= 0.6 is 0 Å². The van der Waals surface area contributed by atoms with Crippen LogP contribution in [0, 0.1) is 0 Å². The Bertz CT molecular complexity index is 1430. The number of hydrogen-bond donors (Lipinski definition) is 1. The molecule has 4 aromatic rings. The summed E-state index contributed by atoms with van der Waals surface area (Å²) in [6.07, 6.45) is 3.42. The Labute approximate surface area is 223 Å². The van der Waals surface area contributed by atoms with Crippen molar-refractivity contribution in [3.05, 3.63) is 84.7 Å². The Morgan fingerprint density at radius 3 is 2.39 bits per heavy atom. The molecule has 0 unspecified atom stereocenters. The summed E-state index contributed by atoms with van der Waals surface area (Å²) < 4.78 is 35.0. The van der Waals surface area contributed by atoms with Crippen LogP contribution in [-0.4, -0.2) is 61.0 Å². The first kappa shape index (κ1) is 25.9. The molecule has 1 N–H and O–H groups in total. The molecule has 1 aliphatic rings. The molecule has 0 spiro atoms. The van der Waals surface area contributed by atoms with E-state index in [-0.39, 0.29) is 11.5 Å². The van der Waals surface area contributed by atoms with Gasteiger partial charge in [-0.05, 0) is 67.4 Å². The molecule has 3 aromatic carbocycles. The summed E-state index contributed by atoms with van der Waals surface area (Å²) in [5.41, 5.74) is 2.85. The van der Waals surface area contributed by atoms with E-state index >= 15 is 0 Å². The van der Waals surface area contributed by atoms with Gasteiger partial charge in [-0.3, -0.25) is 0 Å². The Hall–Kier alpha value is -3.69. The monoisotopic (exact) mass is 532 g/mol. The lowest BCUT2D eigenvalue weighted by molar-refractivity contribution is 0.262. The van der Waals surface area contributed by atoms with Crippen molar-refractivity contribution in [1.29, 1.82) is 0 Å². The standard InChI is InChI=1S/C29H32N4O4S/c34-38(35)18-15-33(16-19-38)14-4-5-17-36-26-12-13-28-27(20-26)29(31-22-30-28)32-24-8-10-25(11-9-24)37-21-23-6-2-1-3-7-23/h1-3,6-13,20,22H,4-5,14-19,21H2,(H,30,31,32). The fourth-order valence-electron chi connectivity index (χ4n) is 4.34. The van der Waals surface area contributed by atoms with Gasteiger partial charge in [-0.1, -0.05) is 30.3 Å². The highest BCUT2D eigenvalue weighted by Gasteiger charge is 2.20. The summed E-state index contributed by atoms with van der Waals surface area (Å²) in [4.78, 5) is 11.1. The molecule has 0 amide bonds. The van der Waals surface area contributed by atoms with Crippen molar-refractivity contribution in [3.8, 4) is 11.5 Å². The predicted molar refractivity (Wildman–Crippen MR) is 150 cm³/mol. The fourth-order valence-corrected chi connectivity index (χ4v) is 5.62. The SMILES string of the molecule is O=S1(=O)CCN(CCCCOc2ccc3ncnc(Nc4ccc(OCc5ccccc5)cc4)c3c2)CC1. The van der Waals surface area contributed by atoms with Crippen LogP contribution < -0.4 is 14.8 Å². The number of nitrogens with one attached hydrogen (secondary N) is 1. The van der Waals surface area contributed by atoms with Gasteiger partial charge in [0, 0.05) is 24.2 Å². The maximum absolute atomic E-state index is 11.6. The van der Waals surface area contributed by atoms with E-state index in [4.69, 9.17) is 9.47 Å². The van der Waals surface area contributed by atoms with E-state index in [0.29, 0.717) is 32.1 Å². The molecule has 1 aromatic heterocycles. The molecule has 5 rings (SSSR count). The lowest BCUT2D eigenvalue weighted by atomic mass is 10.2. The predicted octanol–water partition coefficient (Wildman–Crippen LogP) is 4.84. The third kappa shape index (κ3) is 7.20.